The van der Waals surface area contributed by atoms with Crippen molar-refractivity contribution in [2.24, 2.45) is 29.2 Å². The van der Waals surface area contributed by atoms with Crippen LogP contribution in [-0.2, 0) is 50.8 Å². The maximum atomic E-state index is 14.2. The number of hydrogen-bond donors (Lipinski definition) is 7. The predicted octanol–water partition coefficient (Wildman–Crippen LogP) is 10.1. The monoisotopic (exact) mass is 1370 g/mol. The number of amides is 8. The lowest BCUT2D eigenvalue weighted by atomic mass is 9.88. The molecule has 0 saturated heterocycles. The van der Waals surface area contributed by atoms with Crippen molar-refractivity contribution >= 4 is 144 Å². The number of benzene rings is 3. The number of nitrogens with one attached hydrogen (secondary N) is 3. The van der Waals surface area contributed by atoms with Gasteiger partial charge in [-0.25, -0.2) is 14.4 Å². The number of carbonyl (C=O) groups is 9. The molecule has 0 spiro atoms. The summed E-state index contributed by atoms with van der Waals surface area (Å²) in [4.78, 5) is 146. The lowest BCUT2D eigenvalue weighted by molar-refractivity contribution is -0.134. The van der Waals surface area contributed by atoms with Crippen LogP contribution in [0.2, 0.25) is 0 Å². The number of anilines is 3. The molecule has 92 heavy (non-hydrogen) atoms. The van der Waals surface area contributed by atoms with Crippen LogP contribution >= 0.6 is 53.5 Å². The first-order valence-electron chi connectivity index (χ1n) is 30.8. The lowest BCUT2D eigenvalue weighted by Gasteiger charge is -2.26. The second kappa shape index (κ2) is 32.9. The number of unbranched alkanes of at least 4 members (excludes halogenated alkanes) is 1. The molecule has 5 atom stereocenters. The number of carbonyl (C=O) groups excluding carboxylic acids is 9. The third-order valence-electron chi connectivity index (χ3n) is 16.7. The van der Waals surface area contributed by atoms with Gasteiger partial charge in [0.25, 0.3) is 0 Å². The molecule has 8 amide bonds. The Morgan fingerprint density at radius 3 is 1.87 bits per heavy atom. The van der Waals surface area contributed by atoms with Crippen molar-refractivity contribution in [2.75, 3.05) is 80.2 Å². The van der Waals surface area contributed by atoms with Crippen LogP contribution in [0.25, 0.3) is 20.2 Å². The zero-order valence-corrected chi connectivity index (χ0v) is 57.0. The molecular weight excluding hydrogens is 1280 g/mol. The average Bonchev–Trinajstić information content (AvgIpc) is 1.58. The van der Waals surface area contributed by atoms with Crippen LogP contribution in [0.4, 0.5) is 31.4 Å². The molecule has 0 saturated carbocycles. The highest BCUT2D eigenvalue weighted by molar-refractivity contribution is 7.51. The molecule has 9 N–H and O–H groups in total. The molecule has 0 aliphatic carbocycles. The summed E-state index contributed by atoms with van der Waals surface area (Å²) in [6, 6.07) is 8.27. The minimum Gasteiger partial charge on any atom is -0.445 e. The van der Waals surface area contributed by atoms with Crippen LogP contribution in [0, 0.1) is 31.6 Å². The van der Waals surface area contributed by atoms with E-state index in [1.54, 1.807) is 60.0 Å². The summed E-state index contributed by atoms with van der Waals surface area (Å²) >= 11 is 15.9. The van der Waals surface area contributed by atoms with Crippen LogP contribution in [-0.4, -0.2) is 144 Å². The summed E-state index contributed by atoms with van der Waals surface area (Å²) in [6.45, 7) is 9.99. The van der Waals surface area contributed by atoms with Crippen LogP contribution in [0.3, 0.4) is 0 Å². The zero-order valence-electron chi connectivity index (χ0n) is 53.0. The van der Waals surface area contributed by atoms with Crippen molar-refractivity contribution in [3.05, 3.63) is 80.5 Å². The number of rotatable bonds is 32. The number of hydrogen-bond acceptors (Lipinski definition) is 15. The van der Waals surface area contributed by atoms with Gasteiger partial charge in [-0.2, -0.15) is 0 Å². The smallest absolute Gasteiger partial charge is 0.415 e. The molecule has 28 heteroatoms. The fourth-order valence-corrected chi connectivity index (χ4v) is 15.3. The van der Waals surface area contributed by atoms with Crippen LogP contribution in [0.1, 0.15) is 130 Å². The molecule has 4 heterocycles. The van der Waals surface area contributed by atoms with Gasteiger partial charge in [0.15, 0.2) is 11.5 Å². The maximum Gasteiger partial charge on any atom is 0.415 e. The molecule has 7 rings (SSSR count). The molecule has 0 unspecified atom stereocenters. The van der Waals surface area contributed by atoms with Gasteiger partial charge in [-0.05, 0) is 128 Å². The van der Waals surface area contributed by atoms with Gasteiger partial charge in [-0.1, -0.05) is 32.4 Å². The van der Waals surface area contributed by atoms with Crippen molar-refractivity contribution in [3.8, 4) is 5.75 Å². The standard InChI is InChI=1S/C64H84Cl2N9O14PS2/c1-36(2)57(71-61(81)41(24-39(5)76)12-8-9-20-67)49(77)26-42(13-11-21-69-62(68)82)60(80)70-46-18-16-40(17-19-46)32-88-63(83)72(6)22-23-73(7)64(84)89-50-27-48-56(54-38(4)35-92-59(50)54)45(29-66)31-75(48)52(79)15-10-14-51(78)74-30-44(28-65)55-47(74)25-43(33-90(85,86)87)58-53(55)37(3)34-91-58/h16-19,25,27,34-36,41-42,44-45,57H,8-15,20-24,26,28-33,67H2,1-7H3,(H,70,80)(H,71,81)(H3,68,69,82)(H2,85,86,87)/t41-,42-,44-,45-,57+/m1/s1. The summed E-state index contributed by atoms with van der Waals surface area (Å²) < 4.78 is 25.3. The SMILES string of the molecule is CC(=O)C[C@@H](CCCCN)C(=O)N[C@H](C(=O)C[C@@H](CCCNC(N)=O)C(=O)Nc1ccc(COC(=O)N(C)CCN(C)C(=O)Oc2cc3c(c4c(C)csc24)[C@H](CCl)CN3C(=O)CCCC(=O)N2C[C@@H](CCl)c3c2cc(CP(=O)(O)O)c2scc(C)c32)cc1)C(C)C. The Bertz CT molecular complexity index is 3600. The molecule has 3 aromatic carbocycles. The Labute approximate surface area is 553 Å². The number of aryl methyl sites for hydroxylation is 2. The molecule has 2 aromatic heterocycles. The number of Topliss-reactive ketones (excluding diaryl/α,β-unsaturated/α-hetero) is 2. The number of thiophene rings is 2. The number of halogens is 2. The van der Waals surface area contributed by atoms with Crippen LogP contribution < -0.4 is 42.0 Å². The molecule has 5 aromatic rings. The van der Waals surface area contributed by atoms with E-state index in [-0.39, 0.29) is 130 Å². The third-order valence-corrected chi connectivity index (χ3v) is 20.5. The van der Waals surface area contributed by atoms with Gasteiger partial charge in [-0.15, -0.1) is 45.9 Å². The summed E-state index contributed by atoms with van der Waals surface area (Å²) in [7, 11) is -1.41. The number of ketones is 2. The second-order valence-electron chi connectivity index (χ2n) is 24.3. The Balaban J connectivity index is 0.922. The maximum absolute atomic E-state index is 14.2. The zero-order chi connectivity index (χ0) is 67.3. The third kappa shape index (κ3) is 18.6. The van der Waals surface area contributed by atoms with Gasteiger partial charge in [0.1, 0.15) is 12.4 Å². The lowest BCUT2D eigenvalue weighted by Crippen LogP contribution is -2.48. The minimum atomic E-state index is -4.45. The Hall–Kier alpha value is -6.70. The molecule has 500 valence electrons. The van der Waals surface area contributed by atoms with Crippen molar-refractivity contribution in [2.45, 2.75) is 129 Å². The van der Waals surface area contributed by atoms with E-state index in [2.05, 4.69) is 16.0 Å². The topological polar surface area (TPSA) is 331 Å². The highest BCUT2D eigenvalue weighted by Crippen LogP contribution is 2.51. The van der Waals surface area contributed by atoms with E-state index >= 15 is 0 Å². The van der Waals surface area contributed by atoms with E-state index in [9.17, 15) is 57.5 Å². The molecule has 23 nitrogen and oxygen atoms in total. The second-order valence-corrected chi connectivity index (χ2v) is 28.3. The van der Waals surface area contributed by atoms with E-state index in [1.165, 1.54) is 53.5 Å². The summed E-state index contributed by atoms with van der Waals surface area (Å²) in [5.41, 5.74) is 17.1. The number of nitrogens with zero attached hydrogens (tertiary/aromatic N) is 4. The summed E-state index contributed by atoms with van der Waals surface area (Å²) in [5.74, 6) is -3.47. The number of fused-ring (bicyclic) bond motifs is 6. The fraction of sp³-hybridized carbons (Fsp3) is 0.516. The Morgan fingerprint density at radius 1 is 0.761 bits per heavy atom. The van der Waals surface area contributed by atoms with Crippen LogP contribution in [0.15, 0.2) is 47.2 Å². The first kappa shape index (κ1) is 72.7. The Morgan fingerprint density at radius 2 is 1.32 bits per heavy atom. The first-order chi connectivity index (χ1) is 43.6. The number of primary amides is 1. The van der Waals surface area contributed by atoms with E-state index in [1.807, 2.05) is 24.6 Å². The van der Waals surface area contributed by atoms with E-state index in [0.29, 0.717) is 71.7 Å². The van der Waals surface area contributed by atoms with Crippen molar-refractivity contribution in [1.82, 2.24) is 20.4 Å². The number of nitrogens with two attached hydrogens (primary N) is 2. The first-order valence-corrected chi connectivity index (χ1v) is 35.4. The fourth-order valence-electron chi connectivity index (χ4n) is 11.9. The molecule has 2 aliphatic rings. The van der Waals surface area contributed by atoms with Gasteiger partial charge in [0, 0.05) is 141 Å². The molecule has 2 aliphatic heterocycles. The van der Waals surface area contributed by atoms with Gasteiger partial charge in [-0.3, -0.25) is 28.5 Å². The number of alkyl halides is 2. The summed E-state index contributed by atoms with van der Waals surface area (Å²) in [6.07, 6.45) is 0.445. The van der Waals surface area contributed by atoms with Gasteiger partial charge >= 0.3 is 25.8 Å². The largest absolute Gasteiger partial charge is 0.445 e. The summed E-state index contributed by atoms with van der Waals surface area (Å²) in [5, 5.41) is 13.8. The van der Waals surface area contributed by atoms with Crippen molar-refractivity contribution in [1.29, 1.82) is 0 Å². The van der Waals surface area contributed by atoms with E-state index in [4.69, 9.17) is 44.1 Å². The van der Waals surface area contributed by atoms with Crippen LogP contribution in [0.5, 0.6) is 5.75 Å². The van der Waals surface area contributed by atoms with E-state index < -0.39 is 61.7 Å². The van der Waals surface area contributed by atoms with E-state index in [0.717, 1.165) is 37.7 Å². The minimum absolute atomic E-state index is 0.00920. The molecule has 0 bridgehead atoms. The Kier molecular flexibility index (Phi) is 26.0. The highest BCUT2D eigenvalue weighted by Gasteiger charge is 2.39. The van der Waals surface area contributed by atoms with Gasteiger partial charge in [0.2, 0.25) is 23.6 Å². The molecule has 0 fully saturated rings. The quantitative estimate of drug-likeness (QED) is 0.0120. The number of urea groups is 1. The molecular formula is C64H84Cl2N9O14PS2. The predicted molar refractivity (Wildman–Crippen MR) is 359 cm³/mol. The van der Waals surface area contributed by atoms with Gasteiger partial charge < -0.3 is 71.1 Å². The highest BCUT2D eigenvalue weighted by atomic mass is 35.5. The van der Waals surface area contributed by atoms with Crippen molar-refractivity contribution in [3.63, 3.8) is 0 Å². The number of likely N-dealkylation sites (N-methyl/N-ethyl adjacent to an activating group) is 2. The number of ether oxygens (including phenoxy) is 2. The molecule has 0 radical (unpaired) electrons. The average molecular weight is 1370 g/mol. The van der Waals surface area contributed by atoms with Crippen molar-refractivity contribution < 1.29 is 67.0 Å². The van der Waals surface area contributed by atoms with Gasteiger partial charge in [0.05, 0.1) is 22.6 Å². The normalized spacial score (nSPS) is 15.4.